The highest BCUT2D eigenvalue weighted by Gasteiger charge is 2.09. The van der Waals surface area contributed by atoms with Gasteiger partial charge < -0.3 is 4.74 Å². The van der Waals surface area contributed by atoms with E-state index in [4.69, 9.17) is 4.74 Å². The van der Waals surface area contributed by atoms with Crippen LogP contribution in [0, 0.1) is 24.4 Å². The van der Waals surface area contributed by atoms with Crippen LogP contribution in [0.3, 0.4) is 0 Å². The van der Waals surface area contributed by atoms with Crippen LogP contribution in [-0.4, -0.2) is 6.61 Å². The van der Waals surface area contributed by atoms with E-state index in [9.17, 15) is 13.2 Å². The molecule has 0 bridgehead atoms. The van der Waals surface area contributed by atoms with Gasteiger partial charge in [0.1, 0.15) is 11.6 Å². The fourth-order valence-corrected chi connectivity index (χ4v) is 2.83. The Morgan fingerprint density at radius 1 is 0.897 bits per heavy atom. The summed E-state index contributed by atoms with van der Waals surface area (Å²) in [5, 5.41) is 0. The van der Waals surface area contributed by atoms with E-state index in [1.165, 1.54) is 31.2 Å². The molecule has 3 aromatic rings. The molecule has 0 heterocycles. The topological polar surface area (TPSA) is 9.23 Å². The molecule has 3 aromatic carbocycles. The summed E-state index contributed by atoms with van der Waals surface area (Å²) in [6.07, 6.45) is 5.63. The van der Waals surface area contributed by atoms with Crippen LogP contribution in [0.4, 0.5) is 13.2 Å². The molecule has 0 aliphatic heterocycles. The Morgan fingerprint density at radius 3 is 2.34 bits per heavy atom. The number of aryl methyl sites for hydroxylation is 1. The van der Waals surface area contributed by atoms with E-state index in [-0.39, 0.29) is 16.9 Å². The van der Waals surface area contributed by atoms with Crippen molar-refractivity contribution >= 4 is 12.2 Å². The minimum Gasteiger partial charge on any atom is -0.493 e. The number of rotatable bonds is 7. The molecule has 0 amide bonds. The van der Waals surface area contributed by atoms with Gasteiger partial charge in [0.2, 0.25) is 0 Å². The molecule has 4 heteroatoms. The van der Waals surface area contributed by atoms with Gasteiger partial charge in [-0.3, -0.25) is 0 Å². The van der Waals surface area contributed by atoms with Crippen molar-refractivity contribution in [1.29, 1.82) is 0 Å². The van der Waals surface area contributed by atoms with Crippen LogP contribution in [0.15, 0.2) is 67.3 Å². The summed E-state index contributed by atoms with van der Waals surface area (Å²) < 4.78 is 47.5. The number of ether oxygens (including phenoxy) is 1. The maximum absolute atomic E-state index is 14.4. The maximum Gasteiger partial charge on any atom is 0.166 e. The molecule has 0 spiro atoms. The molecule has 29 heavy (non-hydrogen) atoms. The summed E-state index contributed by atoms with van der Waals surface area (Å²) in [6.45, 7) is 5.59. The number of hydrogen-bond donors (Lipinski definition) is 0. The largest absolute Gasteiger partial charge is 0.493 e. The van der Waals surface area contributed by atoms with Crippen LogP contribution in [-0.2, 0) is 0 Å². The zero-order valence-corrected chi connectivity index (χ0v) is 16.1. The first kappa shape index (κ1) is 20.5. The number of halogens is 3. The fourth-order valence-electron chi connectivity index (χ4n) is 2.83. The second-order valence-corrected chi connectivity index (χ2v) is 6.62. The van der Waals surface area contributed by atoms with Crippen LogP contribution in [0.25, 0.3) is 23.3 Å². The lowest BCUT2D eigenvalue weighted by Crippen LogP contribution is -1.96. The van der Waals surface area contributed by atoms with Gasteiger partial charge in [0, 0.05) is 17.2 Å². The molecular formula is C25H21F3O. The third kappa shape index (κ3) is 4.96. The van der Waals surface area contributed by atoms with Gasteiger partial charge in [-0.1, -0.05) is 54.6 Å². The smallest absolute Gasteiger partial charge is 0.166 e. The van der Waals surface area contributed by atoms with Crippen LogP contribution in [0.1, 0.15) is 23.1 Å². The lowest BCUT2D eigenvalue weighted by molar-refractivity contribution is 0.323. The summed E-state index contributed by atoms with van der Waals surface area (Å²) in [4.78, 5) is 0. The van der Waals surface area contributed by atoms with Crippen molar-refractivity contribution < 1.29 is 17.9 Å². The van der Waals surface area contributed by atoms with Gasteiger partial charge in [0.25, 0.3) is 0 Å². The summed E-state index contributed by atoms with van der Waals surface area (Å²) >= 11 is 0. The van der Waals surface area contributed by atoms with Crippen molar-refractivity contribution in [3.63, 3.8) is 0 Å². The van der Waals surface area contributed by atoms with Gasteiger partial charge in [-0.15, -0.1) is 6.58 Å². The maximum atomic E-state index is 14.4. The van der Waals surface area contributed by atoms with E-state index in [1.54, 1.807) is 48.6 Å². The molecule has 0 fully saturated rings. The Balaban J connectivity index is 1.75. The van der Waals surface area contributed by atoms with E-state index < -0.39 is 11.6 Å². The van der Waals surface area contributed by atoms with Gasteiger partial charge >= 0.3 is 0 Å². The molecule has 0 aromatic heterocycles. The molecule has 148 valence electrons. The second kappa shape index (κ2) is 9.28. The highest BCUT2D eigenvalue weighted by molar-refractivity contribution is 5.72. The van der Waals surface area contributed by atoms with E-state index in [0.29, 0.717) is 29.9 Å². The van der Waals surface area contributed by atoms with Crippen molar-refractivity contribution in [2.75, 3.05) is 6.61 Å². The Labute approximate surface area is 168 Å². The van der Waals surface area contributed by atoms with Gasteiger partial charge in [0.15, 0.2) is 11.6 Å². The summed E-state index contributed by atoms with van der Waals surface area (Å²) in [5.41, 5.74) is 2.41. The third-order valence-electron chi connectivity index (χ3n) is 4.51. The number of hydrogen-bond acceptors (Lipinski definition) is 1. The first-order valence-corrected chi connectivity index (χ1v) is 9.26. The SMILES string of the molecule is C=CCCOc1ccc(-c2ccc(/C=C/c3ccc(C)c(F)c3F)cc2)c(F)c1. The first-order valence-electron chi connectivity index (χ1n) is 9.26. The molecule has 3 rings (SSSR count). The van der Waals surface area contributed by atoms with Crippen molar-refractivity contribution in [1.82, 2.24) is 0 Å². The van der Waals surface area contributed by atoms with Gasteiger partial charge in [-0.05, 0) is 42.2 Å². The average Bonchev–Trinajstić information content (AvgIpc) is 2.72. The Hall–Kier alpha value is -3.27. The Morgan fingerprint density at radius 2 is 1.66 bits per heavy atom. The Kier molecular flexibility index (Phi) is 6.55. The quantitative estimate of drug-likeness (QED) is 0.234. The highest BCUT2D eigenvalue weighted by Crippen LogP contribution is 2.27. The molecule has 0 aliphatic carbocycles. The van der Waals surface area contributed by atoms with E-state index >= 15 is 0 Å². The summed E-state index contributed by atoms with van der Waals surface area (Å²) in [6, 6.07) is 15.0. The third-order valence-corrected chi connectivity index (χ3v) is 4.51. The summed E-state index contributed by atoms with van der Waals surface area (Å²) in [5.74, 6) is -1.60. The predicted molar refractivity (Wildman–Crippen MR) is 112 cm³/mol. The van der Waals surface area contributed by atoms with Crippen LogP contribution >= 0.6 is 0 Å². The van der Waals surface area contributed by atoms with Crippen molar-refractivity contribution in [2.24, 2.45) is 0 Å². The standard InChI is InChI=1S/C25H21F3O/c1-3-4-15-29-21-13-14-22(23(26)16-21)19-10-6-18(7-11-19)8-12-20-9-5-17(2)24(27)25(20)28/h3,5-14,16H,1,4,15H2,2H3/b12-8+. The van der Waals surface area contributed by atoms with Crippen molar-refractivity contribution in [3.8, 4) is 16.9 Å². The van der Waals surface area contributed by atoms with E-state index in [0.717, 1.165) is 5.56 Å². The molecule has 0 saturated carbocycles. The van der Waals surface area contributed by atoms with Crippen LogP contribution in [0.2, 0.25) is 0 Å². The molecule has 0 atom stereocenters. The Bertz CT molecular complexity index is 1040. The minimum absolute atomic E-state index is 0.176. The fraction of sp³-hybridized carbons (Fsp3) is 0.120. The van der Waals surface area contributed by atoms with Gasteiger partial charge in [0.05, 0.1) is 6.61 Å². The first-order chi connectivity index (χ1) is 14.0. The van der Waals surface area contributed by atoms with Crippen LogP contribution in [0.5, 0.6) is 5.75 Å². The molecule has 0 saturated heterocycles. The monoisotopic (exact) mass is 394 g/mol. The lowest BCUT2D eigenvalue weighted by Gasteiger charge is -2.08. The lowest BCUT2D eigenvalue weighted by atomic mass is 10.0. The zero-order valence-electron chi connectivity index (χ0n) is 16.1. The molecule has 0 N–H and O–H groups in total. The molecule has 0 aliphatic rings. The van der Waals surface area contributed by atoms with E-state index in [1.807, 2.05) is 0 Å². The van der Waals surface area contributed by atoms with Crippen LogP contribution < -0.4 is 4.74 Å². The van der Waals surface area contributed by atoms with Gasteiger partial charge in [-0.2, -0.15) is 0 Å². The minimum atomic E-state index is -0.865. The average molecular weight is 394 g/mol. The normalized spacial score (nSPS) is 11.0. The van der Waals surface area contributed by atoms with Crippen molar-refractivity contribution in [2.45, 2.75) is 13.3 Å². The van der Waals surface area contributed by atoms with Crippen molar-refractivity contribution in [3.05, 3.63) is 101 Å². The second-order valence-electron chi connectivity index (χ2n) is 6.62. The van der Waals surface area contributed by atoms with Gasteiger partial charge in [-0.25, -0.2) is 13.2 Å². The summed E-state index contributed by atoms with van der Waals surface area (Å²) in [7, 11) is 0. The molecule has 1 nitrogen and oxygen atoms in total. The highest BCUT2D eigenvalue weighted by atomic mass is 19.2. The zero-order chi connectivity index (χ0) is 20.8. The number of benzene rings is 3. The molecule has 0 radical (unpaired) electrons. The molecular weight excluding hydrogens is 373 g/mol. The predicted octanol–water partition coefficient (Wildman–Crippen LogP) is 7.20. The van der Waals surface area contributed by atoms with E-state index in [2.05, 4.69) is 6.58 Å². The molecule has 0 unspecified atom stereocenters.